The van der Waals surface area contributed by atoms with Crippen molar-refractivity contribution in [1.82, 2.24) is 14.4 Å². The molecule has 0 aliphatic heterocycles. The molecule has 9 heteroatoms. The number of rotatable bonds is 8. The van der Waals surface area contributed by atoms with E-state index < -0.39 is 15.9 Å². The minimum Gasteiger partial charge on any atom is -0.334 e. The number of para-hydroxylation sites is 1. The van der Waals surface area contributed by atoms with Crippen molar-refractivity contribution in [3.8, 4) is 11.5 Å². The lowest BCUT2D eigenvalue weighted by Crippen LogP contribution is -2.31. The number of amides is 1. The second kappa shape index (κ2) is 9.84. The van der Waals surface area contributed by atoms with Gasteiger partial charge in [0.25, 0.3) is 11.8 Å². The van der Waals surface area contributed by atoms with Crippen molar-refractivity contribution >= 4 is 21.6 Å². The van der Waals surface area contributed by atoms with E-state index in [4.69, 9.17) is 4.52 Å². The molecule has 1 N–H and O–H groups in total. The number of carbonyl (C=O) groups is 1. The third kappa shape index (κ3) is 4.99. The molecule has 1 amide bonds. The Hall–Kier alpha value is -3.04. The number of aromatic nitrogens is 2. The molecule has 2 aromatic carbocycles. The fourth-order valence-corrected chi connectivity index (χ4v) is 5.21. The summed E-state index contributed by atoms with van der Waals surface area (Å²) in [5.41, 5.74) is 2.78. The number of sulfonamides is 1. The molecule has 33 heavy (non-hydrogen) atoms. The number of aryl methyl sites for hydroxylation is 2. The van der Waals surface area contributed by atoms with Crippen LogP contribution in [0.2, 0.25) is 0 Å². The predicted molar refractivity (Wildman–Crippen MR) is 128 cm³/mol. The molecule has 0 aliphatic carbocycles. The van der Waals surface area contributed by atoms with Gasteiger partial charge in [-0.2, -0.15) is 9.29 Å². The lowest BCUT2D eigenvalue weighted by molar-refractivity contribution is 0.102. The van der Waals surface area contributed by atoms with Crippen LogP contribution in [-0.4, -0.2) is 41.9 Å². The molecular weight excluding hydrogens is 440 g/mol. The van der Waals surface area contributed by atoms with Crippen LogP contribution in [0.3, 0.4) is 0 Å². The van der Waals surface area contributed by atoms with Crippen molar-refractivity contribution in [2.75, 3.05) is 18.4 Å². The lowest BCUT2D eigenvalue weighted by atomic mass is 10.1. The van der Waals surface area contributed by atoms with Crippen molar-refractivity contribution < 1.29 is 17.7 Å². The van der Waals surface area contributed by atoms with E-state index in [9.17, 15) is 13.2 Å². The van der Waals surface area contributed by atoms with Gasteiger partial charge in [-0.3, -0.25) is 4.79 Å². The number of nitrogens with one attached hydrogen (secondary N) is 1. The monoisotopic (exact) mass is 470 g/mol. The number of hydrogen-bond donors (Lipinski definition) is 1. The topological polar surface area (TPSA) is 105 Å². The average molecular weight is 471 g/mol. The van der Waals surface area contributed by atoms with Crippen molar-refractivity contribution in [3.05, 3.63) is 58.9 Å². The molecule has 0 bridgehead atoms. The zero-order valence-corrected chi connectivity index (χ0v) is 20.7. The Morgan fingerprint density at radius 1 is 1.09 bits per heavy atom. The summed E-state index contributed by atoms with van der Waals surface area (Å²) in [6.07, 6.45) is 0. The van der Waals surface area contributed by atoms with Crippen molar-refractivity contribution in [2.45, 2.75) is 52.4 Å². The van der Waals surface area contributed by atoms with Gasteiger partial charge in [-0.15, -0.1) is 0 Å². The van der Waals surface area contributed by atoms with E-state index >= 15 is 0 Å². The summed E-state index contributed by atoms with van der Waals surface area (Å²) < 4.78 is 32.9. The highest BCUT2D eigenvalue weighted by Gasteiger charge is 2.25. The van der Waals surface area contributed by atoms with E-state index in [0.717, 1.165) is 5.56 Å². The smallest absolute Gasteiger partial charge is 0.260 e. The molecule has 3 aromatic rings. The molecule has 8 nitrogen and oxygen atoms in total. The number of benzene rings is 2. The molecule has 0 saturated carbocycles. The second-order valence-electron chi connectivity index (χ2n) is 8.13. The average Bonchev–Trinajstić information content (AvgIpc) is 3.26. The van der Waals surface area contributed by atoms with E-state index in [-0.39, 0.29) is 16.4 Å². The minimum absolute atomic E-state index is 0.101. The van der Waals surface area contributed by atoms with E-state index in [1.165, 1.54) is 10.4 Å². The van der Waals surface area contributed by atoms with Gasteiger partial charge in [-0.1, -0.05) is 51.1 Å². The molecule has 0 radical (unpaired) electrons. The first-order valence-electron chi connectivity index (χ1n) is 11.0. The fraction of sp³-hybridized carbons (Fsp3) is 0.375. The molecule has 176 valence electrons. The molecule has 0 atom stereocenters. The van der Waals surface area contributed by atoms with Gasteiger partial charge in [0.05, 0.1) is 16.1 Å². The Kier molecular flexibility index (Phi) is 7.34. The summed E-state index contributed by atoms with van der Waals surface area (Å²) in [7, 11) is -3.71. The molecule has 0 spiro atoms. The van der Waals surface area contributed by atoms with E-state index in [1.807, 2.05) is 32.9 Å². The van der Waals surface area contributed by atoms with Crippen LogP contribution >= 0.6 is 0 Å². The Morgan fingerprint density at radius 2 is 1.79 bits per heavy atom. The van der Waals surface area contributed by atoms with Gasteiger partial charge in [0.2, 0.25) is 10.0 Å². The van der Waals surface area contributed by atoms with Crippen LogP contribution in [0.15, 0.2) is 45.8 Å². The van der Waals surface area contributed by atoms with Crippen LogP contribution < -0.4 is 5.32 Å². The van der Waals surface area contributed by atoms with Crippen LogP contribution in [0.1, 0.15) is 60.9 Å². The highest BCUT2D eigenvalue weighted by Crippen LogP contribution is 2.31. The number of nitrogens with zero attached hydrogens (tertiary/aromatic N) is 3. The van der Waals surface area contributed by atoms with Crippen molar-refractivity contribution in [2.24, 2.45) is 0 Å². The summed E-state index contributed by atoms with van der Waals surface area (Å²) in [6.45, 7) is 11.8. The summed E-state index contributed by atoms with van der Waals surface area (Å²) in [4.78, 5) is 17.7. The summed E-state index contributed by atoms with van der Waals surface area (Å²) >= 11 is 0. The van der Waals surface area contributed by atoms with Crippen LogP contribution in [0.5, 0.6) is 0 Å². The molecule has 0 fully saturated rings. The third-order valence-electron chi connectivity index (χ3n) is 5.47. The molecule has 1 heterocycles. The van der Waals surface area contributed by atoms with E-state index in [1.54, 1.807) is 39.0 Å². The van der Waals surface area contributed by atoms with Gasteiger partial charge in [0.15, 0.2) is 5.82 Å². The predicted octanol–water partition coefficient (Wildman–Crippen LogP) is 4.76. The molecule has 1 aromatic heterocycles. The second-order valence-corrected chi connectivity index (χ2v) is 10.0. The first-order chi connectivity index (χ1) is 15.6. The summed E-state index contributed by atoms with van der Waals surface area (Å²) in [5, 5.41) is 6.92. The van der Waals surface area contributed by atoms with E-state index in [0.29, 0.717) is 41.6 Å². The Balaban J connectivity index is 1.99. The SMILES string of the molecule is CCN(CC)S(=O)(=O)c1cc(C(=O)Nc2c(C)cccc2-c2nc(C(C)C)no2)ccc1C. The van der Waals surface area contributed by atoms with Crippen LogP contribution in [-0.2, 0) is 10.0 Å². The lowest BCUT2D eigenvalue weighted by Gasteiger charge is -2.20. The fourth-order valence-electron chi connectivity index (χ4n) is 3.50. The Morgan fingerprint density at radius 3 is 2.39 bits per heavy atom. The normalized spacial score (nSPS) is 11.9. The maximum absolute atomic E-state index is 13.2. The Bertz CT molecular complexity index is 1260. The number of carbonyl (C=O) groups excluding carboxylic acids is 1. The standard InChI is InChI=1S/C24H30N4O4S/c1-7-28(8-2)33(30,31)20-14-18(13-12-16(20)5)23(29)25-21-17(6)10-9-11-19(21)24-26-22(15(3)4)27-32-24/h9-15H,7-8H2,1-6H3,(H,25,29). The minimum atomic E-state index is -3.71. The largest absolute Gasteiger partial charge is 0.334 e. The maximum atomic E-state index is 13.2. The third-order valence-corrected chi connectivity index (χ3v) is 7.67. The number of anilines is 1. The highest BCUT2D eigenvalue weighted by atomic mass is 32.2. The number of hydrogen-bond acceptors (Lipinski definition) is 6. The van der Waals surface area contributed by atoms with Crippen LogP contribution in [0.4, 0.5) is 5.69 Å². The zero-order chi connectivity index (χ0) is 24.3. The van der Waals surface area contributed by atoms with Gasteiger partial charge >= 0.3 is 0 Å². The van der Waals surface area contributed by atoms with Crippen LogP contribution in [0.25, 0.3) is 11.5 Å². The maximum Gasteiger partial charge on any atom is 0.260 e. The van der Waals surface area contributed by atoms with Gasteiger partial charge in [0, 0.05) is 24.6 Å². The van der Waals surface area contributed by atoms with Gasteiger partial charge in [-0.25, -0.2) is 8.42 Å². The van der Waals surface area contributed by atoms with Gasteiger partial charge in [0.1, 0.15) is 0 Å². The van der Waals surface area contributed by atoms with Gasteiger partial charge in [-0.05, 0) is 43.2 Å². The van der Waals surface area contributed by atoms with E-state index in [2.05, 4.69) is 15.5 Å². The molecule has 0 saturated heterocycles. The first kappa shape index (κ1) is 24.6. The van der Waals surface area contributed by atoms with Gasteiger partial charge < -0.3 is 9.84 Å². The first-order valence-corrected chi connectivity index (χ1v) is 12.4. The molecule has 0 aliphatic rings. The molecular formula is C24H30N4O4S. The molecule has 0 unspecified atom stereocenters. The quantitative estimate of drug-likeness (QED) is 0.509. The summed E-state index contributed by atoms with van der Waals surface area (Å²) in [6, 6.07) is 10.2. The van der Waals surface area contributed by atoms with Crippen molar-refractivity contribution in [3.63, 3.8) is 0 Å². The van der Waals surface area contributed by atoms with Crippen molar-refractivity contribution in [1.29, 1.82) is 0 Å². The Labute approximate surface area is 195 Å². The van der Waals surface area contributed by atoms with Crippen LogP contribution in [0, 0.1) is 13.8 Å². The summed E-state index contributed by atoms with van der Waals surface area (Å²) in [5.74, 6) is 0.564. The zero-order valence-electron chi connectivity index (χ0n) is 19.8. The molecule has 3 rings (SSSR count). The highest BCUT2D eigenvalue weighted by molar-refractivity contribution is 7.89.